The first-order valence-corrected chi connectivity index (χ1v) is 7.81. The van der Waals surface area contributed by atoms with Gasteiger partial charge in [0.2, 0.25) is 0 Å². The lowest BCUT2D eigenvalue weighted by molar-refractivity contribution is -0.0143. The van der Waals surface area contributed by atoms with Crippen molar-refractivity contribution in [3.8, 4) is 0 Å². The predicted octanol–water partition coefficient (Wildman–Crippen LogP) is 0.417. The van der Waals surface area contributed by atoms with Gasteiger partial charge in [0.15, 0.2) is 0 Å². The van der Waals surface area contributed by atoms with E-state index in [1.807, 2.05) is 0 Å². The zero-order chi connectivity index (χ0) is 13.6. The van der Waals surface area contributed by atoms with E-state index in [9.17, 15) is 0 Å². The average Bonchev–Trinajstić information content (AvgIpc) is 2.64. The molecule has 2 rings (SSSR count). The quantitative estimate of drug-likeness (QED) is 0.758. The summed E-state index contributed by atoms with van der Waals surface area (Å²) in [6.07, 6.45) is 4.82. The summed E-state index contributed by atoms with van der Waals surface area (Å²) < 4.78 is 5.41. The first-order chi connectivity index (χ1) is 9.28. The molecule has 0 amide bonds. The molecule has 1 unspecified atom stereocenters. The molecule has 5 heteroatoms. The van der Waals surface area contributed by atoms with Crippen molar-refractivity contribution in [3.63, 3.8) is 0 Å². The van der Waals surface area contributed by atoms with Gasteiger partial charge < -0.3 is 15.4 Å². The van der Waals surface area contributed by atoms with Crippen LogP contribution in [0.5, 0.6) is 0 Å². The van der Waals surface area contributed by atoms with Crippen LogP contribution in [0.25, 0.3) is 0 Å². The molecule has 0 aromatic carbocycles. The molecular formula is C14H30N4O. The maximum absolute atomic E-state index is 6.11. The van der Waals surface area contributed by atoms with Crippen LogP contribution in [0.4, 0.5) is 0 Å². The summed E-state index contributed by atoms with van der Waals surface area (Å²) in [5.41, 5.74) is 9.93. The number of rotatable bonds is 5. The Bertz CT molecular complexity index is 258. The van der Waals surface area contributed by atoms with Gasteiger partial charge in [-0.05, 0) is 45.3 Å². The molecule has 0 saturated carbocycles. The number of hydrazine groups is 1. The SMILES string of the molecule is CCCN1CCCC(CN)(NN2CCOCC2)CC1. The molecule has 1 atom stereocenters. The highest BCUT2D eigenvalue weighted by Crippen LogP contribution is 2.22. The fraction of sp³-hybridized carbons (Fsp3) is 1.00. The van der Waals surface area contributed by atoms with Crippen molar-refractivity contribution in [2.24, 2.45) is 5.73 Å². The summed E-state index contributed by atoms with van der Waals surface area (Å²) in [4.78, 5) is 2.58. The molecule has 0 bridgehead atoms. The van der Waals surface area contributed by atoms with Gasteiger partial charge in [-0.3, -0.25) is 0 Å². The van der Waals surface area contributed by atoms with E-state index in [1.165, 1.54) is 38.9 Å². The normalized spacial score (nSPS) is 31.3. The number of morpholine rings is 1. The van der Waals surface area contributed by atoms with Crippen LogP contribution in [-0.4, -0.2) is 67.9 Å². The van der Waals surface area contributed by atoms with Gasteiger partial charge in [-0.15, -0.1) is 0 Å². The molecule has 2 heterocycles. The largest absolute Gasteiger partial charge is 0.379 e. The van der Waals surface area contributed by atoms with Crippen LogP contribution in [0.2, 0.25) is 0 Å². The van der Waals surface area contributed by atoms with E-state index in [0.717, 1.165) is 39.3 Å². The van der Waals surface area contributed by atoms with E-state index >= 15 is 0 Å². The van der Waals surface area contributed by atoms with E-state index in [0.29, 0.717) is 0 Å². The third kappa shape index (κ3) is 4.39. The number of hydrogen-bond donors (Lipinski definition) is 2. The monoisotopic (exact) mass is 270 g/mol. The second kappa shape index (κ2) is 7.55. The molecule has 0 spiro atoms. The minimum absolute atomic E-state index is 0.0971. The van der Waals surface area contributed by atoms with Crippen LogP contribution < -0.4 is 11.2 Å². The zero-order valence-corrected chi connectivity index (χ0v) is 12.4. The molecule has 5 nitrogen and oxygen atoms in total. The van der Waals surface area contributed by atoms with Crippen molar-refractivity contribution in [1.29, 1.82) is 0 Å². The van der Waals surface area contributed by atoms with Gasteiger partial charge in [0.25, 0.3) is 0 Å². The molecular weight excluding hydrogens is 240 g/mol. The minimum atomic E-state index is 0.0971. The summed E-state index contributed by atoms with van der Waals surface area (Å²) in [5.74, 6) is 0. The molecule has 2 fully saturated rings. The fourth-order valence-corrected chi connectivity index (χ4v) is 3.16. The topological polar surface area (TPSA) is 53.8 Å². The van der Waals surface area contributed by atoms with Crippen LogP contribution in [0.15, 0.2) is 0 Å². The van der Waals surface area contributed by atoms with E-state index in [-0.39, 0.29) is 5.54 Å². The standard InChI is InChI=1S/C14H30N4O/c1-2-6-17-7-3-4-14(13-15,5-8-17)16-18-9-11-19-12-10-18/h16H,2-13,15H2,1H3. The first kappa shape index (κ1) is 15.2. The number of likely N-dealkylation sites (tertiary alicyclic amines) is 1. The molecule has 0 aliphatic carbocycles. The maximum atomic E-state index is 6.11. The molecule has 2 aliphatic heterocycles. The lowest BCUT2D eigenvalue weighted by atomic mass is 9.91. The molecule has 19 heavy (non-hydrogen) atoms. The second-order valence-corrected chi connectivity index (χ2v) is 5.89. The molecule has 2 saturated heterocycles. The number of nitrogens with two attached hydrogens (primary N) is 1. The summed E-state index contributed by atoms with van der Waals surface area (Å²) in [7, 11) is 0. The lowest BCUT2D eigenvalue weighted by Crippen LogP contribution is -2.60. The highest BCUT2D eigenvalue weighted by Gasteiger charge is 2.33. The number of hydrogen-bond acceptors (Lipinski definition) is 5. The summed E-state index contributed by atoms with van der Waals surface area (Å²) >= 11 is 0. The molecule has 112 valence electrons. The van der Waals surface area contributed by atoms with Crippen LogP contribution >= 0.6 is 0 Å². The second-order valence-electron chi connectivity index (χ2n) is 5.89. The third-order valence-electron chi connectivity index (χ3n) is 4.37. The smallest absolute Gasteiger partial charge is 0.0608 e. The van der Waals surface area contributed by atoms with Gasteiger partial charge in [0, 0.05) is 25.2 Å². The van der Waals surface area contributed by atoms with Gasteiger partial charge in [-0.1, -0.05) is 6.92 Å². The van der Waals surface area contributed by atoms with Crippen molar-refractivity contribution in [1.82, 2.24) is 15.3 Å². The Balaban J connectivity index is 1.89. The van der Waals surface area contributed by atoms with Gasteiger partial charge in [0.05, 0.1) is 13.2 Å². The zero-order valence-electron chi connectivity index (χ0n) is 12.4. The summed E-state index contributed by atoms with van der Waals surface area (Å²) in [6.45, 7) is 10.2. The van der Waals surface area contributed by atoms with Crippen LogP contribution in [0.1, 0.15) is 32.6 Å². The summed E-state index contributed by atoms with van der Waals surface area (Å²) in [5, 5.41) is 2.31. The molecule has 0 aromatic rings. The lowest BCUT2D eigenvalue weighted by Gasteiger charge is -2.40. The van der Waals surface area contributed by atoms with Gasteiger partial charge in [0.1, 0.15) is 0 Å². The number of nitrogens with zero attached hydrogens (tertiary/aromatic N) is 2. The van der Waals surface area contributed by atoms with Crippen molar-refractivity contribution in [2.45, 2.75) is 38.1 Å². The van der Waals surface area contributed by atoms with Crippen LogP contribution in [0.3, 0.4) is 0 Å². The van der Waals surface area contributed by atoms with Gasteiger partial charge in [-0.25, -0.2) is 10.4 Å². The maximum Gasteiger partial charge on any atom is 0.0608 e. The van der Waals surface area contributed by atoms with E-state index < -0.39 is 0 Å². The van der Waals surface area contributed by atoms with Crippen molar-refractivity contribution in [3.05, 3.63) is 0 Å². The molecule has 0 aromatic heterocycles. The highest BCUT2D eigenvalue weighted by molar-refractivity contribution is 4.92. The Morgan fingerprint density at radius 2 is 1.95 bits per heavy atom. The molecule has 0 radical (unpaired) electrons. The van der Waals surface area contributed by atoms with Crippen molar-refractivity contribution in [2.75, 3.05) is 52.5 Å². The van der Waals surface area contributed by atoms with E-state index in [2.05, 4.69) is 22.3 Å². The summed E-state index contributed by atoms with van der Waals surface area (Å²) in [6, 6.07) is 0. The van der Waals surface area contributed by atoms with Crippen molar-refractivity contribution < 1.29 is 4.74 Å². The Morgan fingerprint density at radius 1 is 1.16 bits per heavy atom. The first-order valence-electron chi connectivity index (χ1n) is 7.81. The number of nitrogens with one attached hydrogen (secondary N) is 1. The molecule has 3 N–H and O–H groups in total. The Hall–Kier alpha value is -0.200. The van der Waals surface area contributed by atoms with E-state index in [4.69, 9.17) is 10.5 Å². The van der Waals surface area contributed by atoms with Gasteiger partial charge in [-0.2, -0.15) is 0 Å². The average molecular weight is 270 g/mol. The number of ether oxygens (including phenoxy) is 1. The van der Waals surface area contributed by atoms with Crippen LogP contribution in [0, 0.1) is 0 Å². The Labute approximate surface area is 117 Å². The van der Waals surface area contributed by atoms with E-state index in [1.54, 1.807) is 0 Å². The highest BCUT2D eigenvalue weighted by atomic mass is 16.5. The minimum Gasteiger partial charge on any atom is -0.379 e. The Morgan fingerprint density at radius 3 is 2.63 bits per heavy atom. The third-order valence-corrected chi connectivity index (χ3v) is 4.37. The molecule has 2 aliphatic rings. The van der Waals surface area contributed by atoms with Gasteiger partial charge >= 0.3 is 0 Å². The fourth-order valence-electron chi connectivity index (χ4n) is 3.16. The van der Waals surface area contributed by atoms with Crippen LogP contribution in [-0.2, 0) is 4.74 Å². The predicted molar refractivity (Wildman–Crippen MR) is 77.9 cm³/mol. The van der Waals surface area contributed by atoms with Crippen molar-refractivity contribution >= 4 is 0 Å². The Kier molecular flexibility index (Phi) is 6.04.